The number of likely N-dealkylation sites (tertiary alicyclic amines) is 1. The van der Waals surface area contributed by atoms with E-state index < -0.39 is 4.92 Å². The highest BCUT2D eigenvalue weighted by Crippen LogP contribution is 2.26. The number of piperazine rings is 1. The van der Waals surface area contributed by atoms with Gasteiger partial charge in [0.2, 0.25) is 11.8 Å². The topological polar surface area (TPSA) is 87.0 Å². The quantitative estimate of drug-likeness (QED) is 0.551. The van der Waals surface area contributed by atoms with Crippen LogP contribution in [-0.2, 0) is 9.59 Å². The van der Waals surface area contributed by atoms with Crippen molar-refractivity contribution in [1.82, 2.24) is 9.80 Å². The van der Waals surface area contributed by atoms with E-state index >= 15 is 0 Å². The third kappa shape index (κ3) is 4.10. The number of carbonyl (C=O) groups is 2. The SMILES string of the molecule is CCC(CC)N1CC(C(=O)N2CCN(c3cccc([N+](=O)[O-])c3)CC2)CC1=O. The number of nitro benzene ring substituents is 1. The fourth-order valence-corrected chi connectivity index (χ4v) is 4.23. The average molecular weight is 388 g/mol. The molecule has 2 heterocycles. The Balaban J connectivity index is 1.58. The van der Waals surface area contributed by atoms with Crippen LogP contribution in [0.5, 0.6) is 0 Å². The molecule has 0 spiro atoms. The van der Waals surface area contributed by atoms with Gasteiger partial charge in [-0.25, -0.2) is 0 Å². The lowest BCUT2D eigenvalue weighted by molar-refractivity contribution is -0.384. The van der Waals surface area contributed by atoms with Gasteiger partial charge in [0, 0.05) is 63.0 Å². The van der Waals surface area contributed by atoms with Crippen LogP contribution >= 0.6 is 0 Å². The zero-order chi connectivity index (χ0) is 20.3. The molecule has 0 radical (unpaired) electrons. The van der Waals surface area contributed by atoms with Crippen molar-refractivity contribution >= 4 is 23.2 Å². The van der Waals surface area contributed by atoms with E-state index in [1.807, 2.05) is 15.9 Å². The molecule has 0 aliphatic carbocycles. The maximum atomic E-state index is 12.9. The van der Waals surface area contributed by atoms with Gasteiger partial charge in [0.1, 0.15) is 0 Å². The molecule has 2 saturated heterocycles. The second-order valence-corrected chi connectivity index (χ2v) is 7.51. The number of benzene rings is 1. The minimum absolute atomic E-state index is 0.0560. The predicted molar refractivity (Wildman–Crippen MR) is 106 cm³/mol. The third-order valence-electron chi connectivity index (χ3n) is 5.89. The summed E-state index contributed by atoms with van der Waals surface area (Å²) in [6.07, 6.45) is 2.12. The molecule has 28 heavy (non-hydrogen) atoms. The van der Waals surface area contributed by atoms with Crippen LogP contribution in [0.2, 0.25) is 0 Å². The Hall–Kier alpha value is -2.64. The van der Waals surface area contributed by atoms with E-state index in [1.165, 1.54) is 6.07 Å². The van der Waals surface area contributed by atoms with E-state index in [-0.39, 0.29) is 29.5 Å². The first-order valence-electron chi connectivity index (χ1n) is 10.0. The molecule has 0 bridgehead atoms. The summed E-state index contributed by atoms with van der Waals surface area (Å²) in [5.41, 5.74) is 0.874. The molecule has 1 atom stereocenters. The molecular formula is C20H28N4O4. The first-order valence-corrected chi connectivity index (χ1v) is 10.0. The summed E-state index contributed by atoms with van der Waals surface area (Å²) < 4.78 is 0. The zero-order valence-electron chi connectivity index (χ0n) is 16.5. The number of nitro groups is 1. The summed E-state index contributed by atoms with van der Waals surface area (Å²) in [6, 6.07) is 6.80. The van der Waals surface area contributed by atoms with Gasteiger partial charge in [-0.15, -0.1) is 0 Å². The number of rotatable bonds is 6. The zero-order valence-corrected chi connectivity index (χ0v) is 16.5. The highest BCUT2D eigenvalue weighted by atomic mass is 16.6. The Morgan fingerprint density at radius 3 is 2.50 bits per heavy atom. The van der Waals surface area contributed by atoms with Crippen molar-refractivity contribution in [3.63, 3.8) is 0 Å². The molecule has 0 N–H and O–H groups in total. The van der Waals surface area contributed by atoms with Gasteiger partial charge in [0.05, 0.1) is 10.8 Å². The molecular weight excluding hydrogens is 360 g/mol. The summed E-state index contributed by atoms with van der Waals surface area (Å²) in [7, 11) is 0. The maximum absolute atomic E-state index is 12.9. The summed E-state index contributed by atoms with van der Waals surface area (Å²) in [5.74, 6) is -0.111. The number of hydrogen-bond donors (Lipinski definition) is 0. The summed E-state index contributed by atoms with van der Waals surface area (Å²) >= 11 is 0. The normalized spacial score (nSPS) is 20.2. The van der Waals surface area contributed by atoms with Gasteiger partial charge in [-0.2, -0.15) is 0 Å². The van der Waals surface area contributed by atoms with Gasteiger partial charge in [0.25, 0.3) is 5.69 Å². The van der Waals surface area contributed by atoms with Crippen molar-refractivity contribution in [2.75, 3.05) is 37.6 Å². The minimum Gasteiger partial charge on any atom is -0.368 e. The van der Waals surface area contributed by atoms with Crippen LogP contribution in [0.1, 0.15) is 33.1 Å². The highest BCUT2D eigenvalue weighted by molar-refractivity contribution is 5.89. The van der Waals surface area contributed by atoms with Gasteiger partial charge in [-0.1, -0.05) is 19.9 Å². The maximum Gasteiger partial charge on any atom is 0.271 e. The van der Waals surface area contributed by atoms with Gasteiger partial charge in [-0.3, -0.25) is 19.7 Å². The first-order chi connectivity index (χ1) is 13.4. The van der Waals surface area contributed by atoms with Crippen LogP contribution in [0.3, 0.4) is 0 Å². The van der Waals surface area contributed by atoms with Crippen molar-refractivity contribution in [3.8, 4) is 0 Å². The van der Waals surface area contributed by atoms with Crippen molar-refractivity contribution < 1.29 is 14.5 Å². The summed E-state index contributed by atoms with van der Waals surface area (Å²) in [6.45, 7) is 7.06. The molecule has 3 rings (SSSR count). The number of non-ortho nitro benzene ring substituents is 1. The third-order valence-corrected chi connectivity index (χ3v) is 5.89. The Kier molecular flexibility index (Phi) is 6.16. The number of anilines is 1. The number of amides is 2. The van der Waals surface area contributed by atoms with Crippen molar-refractivity contribution in [2.24, 2.45) is 5.92 Å². The Bertz CT molecular complexity index is 741. The molecule has 152 valence electrons. The first kappa shape index (κ1) is 20.1. The molecule has 2 fully saturated rings. The average Bonchev–Trinajstić information content (AvgIpc) is 3.10. The fraction of sp³-hybridized carbons (Fsp3) is 0.600. The second-order valence-electron chi connectivity index (χ2n) is 7.51. The minimum atomic E-state index is -0.397. The smallest absolute Gasteiger partial charge is 0.271 e. The molecule has 2 amide bonds. The molecule has 2 aliphatic heterocycles. The lowest BCUT2D eigenvalue weighted by atomic mass is 10.1. The van der Waals surface area contributed by atoms with Gasteiger partial charge >= 0.3 is 0 Å². The molecule has 1 unspecified atom stereocenters. The monoisotopic (exact) mass is 388 g/mol. The van der Waals surface area contributed by atoms with Crippen LogP contribution < -0.4 is 4.90 Å². The molecule has 8 heteroatoms. The van der Waals surface area contributed by atoms with E-state index in [0.717, 1.165) is 18.5 Å². The largest absolute Gasteiger partial charge is 0.368 e. The second kappa shape index (κ2) is 8.58. The van der Waals surface area contributed by atoms with Crippen molar-refractivity contribution in [3.05, 3.63) is 34.4 Å². The highest BCUT2D eigenvalue weighted by Gasteiger charge is 2.39. The van der Waals surface area contributed by atoms with Crippen LogP contribution in [-0.4, -0.2) is 65.3 Å². The Morgan fingerprint density at radius 1 is 1.21 bits per heavy atom. The van der Waals surface area contributed by atoms with Gasteiger partial charge < -0.3 is 14.7 Å². The van der Waals surface area contributed by atoms with Crippen LogP contribution in [0.25, 0.3) is 0 Å². The van der Waals surface area contributed by atoms with Gasteiger partial charge in [-0.05, 0) is 18.9 Å². The number of nitrogens with zero attached hydrogens (tertiary/aromatic N) is 4. The van der Waals surface area contributed by atoms with E-state index in [9.17, 15) is 19.7 Å². The van der Waals surface area contributed by atoms with E-state index in [4.69, 9.17) is 0 Å². The lowest BCUT2D eigenvalue weighted by Gasteiger charge is -2.37. The van der Waals surface area contributed by atoms with Crippen LogP contribution in [0, 0.1) is 16.0 Å². The molecule has 0 saturated carbocycles. The Labute approximate surface area is 165 Å². The predicted octanol–water partition coefficient (Wildman–Crippen LogP) is 2.28. The Morgan fingerprint density at radius 2 is 1.89 bits per heavy atom. The molecule has 1 aromatic carbocycles. The summed E-state index contributed by atoms with van der Waals surface area (Å²) in [5, 5.41) is 11.0. The molecule has 8 nitrogen and oxygen atoms in total. The van der Waals surface area contributed by atoms with E-state index in [0.29, 0.717) is 39.1 Å². The molecule has 2 aliphatic rings. The fourth-order valence-electron chi connectivity index (χ4n) is 4.23. The molecule has 1 aromatic rings. The van der Waals surface area contributed by atoms with Crippen molar-refractivity contribution in [2.45, 2.75) is 39.2 Å². The van der Waals surface area contributed by atoms with E-state index in [1.54, 1.807) is 12.1 Å². The van der Waals surface area contributed by atoms with Crippen LogP contribution in [0.4, 0.5) is 11.4 Å². The lowest BCUT2D eigenvalue weighted by Crippen LogP contribution is -2.50. The standard InChI is InChI=1S/C20H28N4O4/c1-3-16(4-2)23-14-15(12-19(23)25)20(26)22-10-8-21(9-11-22)17-6-5-7-18(13-17)24(27)28/h5-7,13,15-16H,3-4,8-12,14H2,1-2H3. The van der Waals surface area contributed by atoms with Gasteiger partial charge in [0.15, 0.2) is 0 Å². The number of carbonyl (C=O) groups excluding carboxylic acids is 2. The summed E-state index contributed by atoms with van der Waals surface area (Å²) in [4.78, 5) is 41.6. The number of hydrogen-bond acceptors (Lipinski definition) is 5. The van der Waals surface area contributed by atoms with E-state index in [2.05, 4.69) is 18.7 Å². The van der Waals surface area contributed by atoms with Crippen LogP contribution in [0.15, 0.2) is 24.3 Å². The molecule has 0 aromatic heterocycles. The van der Waals surface area contributed by atoms with Crippen molar-refractivity contribution in [1.29, 1.82) is 0 Å².